The van der Waals surface area contributed by atoms with E-state index in [9.17, 15) is 14.4 Å². The number of amides is 3. The molecule has 1 aromatic carbocycles. The second-order valence-corrected chi connectivity index (χ2v) is 8.02. The maximum atomic E-state index is 12.9. The number of para-hydroxylation sites is 1. The molecule has 1 aromatic heterocycles. The average molecular weight is 427 g/mol. The Morgan fingerprint density at radius 1 is 1.06 bits per heavy atom. The summed E-state index contributed by atoms with van der Waals surface area (Å²) in [6.45, 7) is 1.93. The lowest BCUT2D eigenvalue weighted by Crippen LogP contribution is -2.45. The molecule has 2 aromatic rings. The predicted molar refractivity (Wildman–Crippen MR) is 118 cm³/mol. The number of nitrogens with one attached hydrogen (secondary N) is 1. The van der Waals surface area contributed by atoms with Crippen molar-refractivity contribution >= 4 is 23.4 Å². The summed E-state index contributed by atoms with van der Waals surface area (Å²) < 4.78 is 5.25. The minimum atomic E-state index is -0.269. The number of hydrogen-bond donors (Lipinski definition) is 1. The van der Waals surface area contributed by atoms with E-state index < -0.39 is 0 Å². The Balaban J connectivity index is 1.58. The molecular weight excluding hydrogens is 396 g/mol. The molecule has 2 heterocycles. The van der Waals surface area contributed by atoms with Gasteiger partial charge in [-0.3, -0.25) is 19.3 Å². The Labute approximate surface area is 182 Å². The van der Waals surface area contributed by atoms with Gasteiger partial charge in [0, 0.05) is 27.1 Å². The Kier molecular flexibility index (Phi) is 7.46. The van der Waals surface area contributed by atoms with E-state index in [1.54, 1.807) is 68.7 Å². The fourth-order valence-electron chi connectivity index (χ4n) is 3.77. The smallest absolute Gasteiger partial charge is 0.253 e. The molecule has 1 saturated heterocycles. The van der Waals surface area contributed by atoms with Gasteiger partial charge in [-0.15, -0.1) is 0 Å². The summed E-state index contributed by atoms with van der Waals surface area (Å²) in [5, 5.41) is 2.82. The summed E-state index contributed by atoms with van der Waals surface area (Å²) in [4.78, 5) is 43.0. The van der Waals surface area contributed by atoms with Crippen molar-refractivity contribution in [1.82, 2.24) is 15.1 Å². The number of anilines is 1. The number of carbonyl (C=O) groups excluding carboxylic acids is 3. The lowest BCUT2D eigenvalue weighted by molar-refractivity contribution is -0.134. The topological polar surface area (TPSA) is 86.1 Å². The normalized spacial score (nSPS) is 14.8. The quantitative estimate of drug-likeness (QED) is 0.732. The van der Waals surface area contributed by atoms with Crippen molar-refractivity contribution < 1.29 is 18.8 Å². The van der Waals surface area contributed by atoms with Crippen LogP contribution in [0.4, 0.5) is 5.69 Å². The number of likely N-dealkylation sites (N-methyl/N-ethyl adjacent to an activating group) is 1. The van der Waals surface area contributed by atoms with Crippen molar-refractivity contribution in [3.63, 3.8) is 0 Å². The van der Waals surface area contributed by atoms with Crippen molar-refractivity contribution in [2.75, 3.05) is 45.7 Å². The zero-order valence-corrected chi connectivity index (χ0v) is 18.3. The van der Waals surface area contributed by atoms with Crippen LogP contribution in [0.5, 0.6) is 0 Å². The van der Waals surface area contributed by atoms with Gasteiger partial charge < -0.3 is 19.5 Å². The van der Waals surface area contributed by atoms with Gasteiger partial charge in [0.2, 0.25) is 11.8 Å². The van der Waals surface area contributed by atoms with E-state index in [1.165, 1.54) is 4.90 Å². The van der Waals surface area contributed by atoms with Crippen molar-refractivity contribution in [2.24, 2.45) is 5.92 Å². The number of furan rings is 1. The Hall–Kier alpha value is -3.13. The van der Waals surface area contributed by atoms with E-state index in [0.29, 0.717) is 30.1 Å². The van der Waals surface area contributed by atoms with Crippen molar-refractivity contribution in [3.05, 3.63) is 54.0 Å². The highest BCUT2D eigenvalue weighted by molar-refractivity contribution is 6.05. The lowest BCUT2D eigenvalue weighted by Gasteiger charge is -2.33. The number of hydrogen-bond acceptors (Lipinski definition) is 5. The molecule has 1 aliphatic rings. The molecule has 0 saturated carbocycles. The molecule has 0 aliphatic carbocycles. The molecule has 3 rings (SSSR count). The highest BCUT2D eigenvalue weighted by Gasteiger charge is 2.28. The largest absolute Gasteiger partial charge is 0.467 e. The third kappa shape index (κ3) is 5.73. The van der Waals surface area contributed by atoms with Gasteiger partial charge in [-0.25, -0.2) is 0 Å². The van der Waals surface area contributed by atoms with Crippen molar-refractivity contribution in [2.45, 2.75) is 19.4 Å². The number of likely N-dealkylation sites (tertiary alicyclic amines) is 1. The van der Waals surface area contributed by atoms with Gasteiger partial charge in [-0.2, -0.15) is 0 Å². The second-order valence-electron chi connectivity index (χ2n) is 8.02. The zero-order chi connectivity index (χ0) is 22.4. The third-order valence-corrected chi connectivity index (χ3v) is 5.62. The molecule has 1 aliphatic heterocycles. The zero-order valence-electron chi connectivity index (χ0n) is 18.3. The van der Waals surface area contributed by atoms with Gasteiger partial charge in [0.15, 0.2) is 0 Å². The van der Waals surface area contributed by atoms with Crippen LogP contribution >= 0.6 is 0 Å². The number of carbonyl (C=O) groups is 3. The lowest BCUT2D eigenvalue weighted by atomic mass is 9.95. The van der Waals surface area contributed by atoms with E-state index in [-0.39, 0.29) is 36.7 Å². The molecule has 31 heavy (non-hydrogen) atoms. The molecule has 1 N–H and O–H groups in total. The number of rotatable bonds is 7. The highest BCUT2D eigenvalue weighted by atomic mass is 16.3. The average Bonchev–Trinajstić information content (AvgIpc) is 3.30. The van der Waals surface area contributed by atoms with Gasteiger partial charge in [0.1, 0.15) is 5.76 Å². The maximum Gasteiger partial charge on any atom is 0.253 e. The summed E-state index contributed by atoms with van der Waals surface area (Å²) in [6.07, 6.45) is 3.06. The summed E-state index contributed by atoms with van der Waals surface area (Å²) >= 11 is 0. The van der Waals surface area contributed by atoms with Crippen LogP contribution in [0.3, 0.4) is 0 Å². The number of benzene rings is 1. The molecule has 0 bridgehead atoms. The van der Waals surface area contributed by atoms with Crippen LogP contribution in [-0.2, 0) is 16.1 Å². The SMILES string of the molecule is CN(C)C(=O)C1CCN(CC(=O)N(C)c2ccccc2C(=O)NCc2ccco2)CC1. The first-order valence-corrected chi connectivity index (χ1v) is 10.5. The molecule has 3 amide bonds. The van der Waals surface area contributed by atoms with Crippen LogP contribution in [0, 0.1) is 5.92 Å². The molecule has 8 nitrogen and oxygen atoms in total. The van der Waals surface area contributed by atoms with Crippen molar-refractivity contribution in [1.29, 1.82) is 0 Å². The van der Waals surface area contributed by atoms with Crippen LogP contribution in [0.2, 0.25) is 0 Å². The monoisotopic (exact) mass is 426 g/mol. The van der Waals surface area contributed by atoms with E-state index in [2.05, 4.69) is 10.2 Å². The molecule has 0 spiro atoms. The summed E-state index contributed by atoms with van der Waals surface area (Å²) in [6, 6.07) is 10.6. The predicted octanol–water partition coefficient (Wildman–Crippen LogP) is 1.97. The number of piperidine rings is 1. The first-order valence-electron chi connectivity index (χ1n) is 10.5. The van der Waals surface area contributed by atoms with Crippen LogP contribution in [-0.4, -0.2) is 68.3 Å². The molecule has 0 unspecified atom stereocenters. The summed E-state index contributed by atoms with van der Waals surface area (Å²) in [5.41, 5.74) is 0.988. The fourth-order valence-corrected chi connectivity index (χ4v) is 3.77. The first kappa shape index (κ1) is 22.6. The van der Waals surface area contributed by atoms with Gasteiger partial charge in [-0.1, -0.05) is 12.1 Å². The third-order valence-electron chi connectivity index (χ3n) is 5.62. The summed E-state index contributed by atoms with van der Waals surface area (Å²) in [5.74, 6) is 0.472. The molecule has 0 atom stereocenters. The molecule has 0 radical (unpaired) electrons. The summed E-state index contributed by atoms with van der Waals surface area (Å²) in [7, 11) is 5.23. The number of nitrogens with zero attached hydrogens (tertiary/aromatic N) is 3. The van der Waals surface area contributed by atoms with Crippen LogP contribution in [0.25, 0.3) is 0 Å². The fraction of sp³-hybridized carbons (Fsp3) is 0.435. The minimum absolute atomic E-state index is 0.0256. The first-order chi connectivity index (χ1) is 14.9. The molecule has 166 valence electrons. The van der Waals surface area contributed by atoms with E-state index in [1.807, 2.05) is 0 Å². The Bertz CT molecular complexity index is 902. The van der Waals surface area contributed by atoms with Crippen LogP contribution in [0.15, 0.2) is 47.1 Å². The van der Waals surface area contributed by atoms with Crippen molar-refractivity contribution in [3.8, 4) is 0 Å². The molecule has 8 heteroatoms. The molecular formula is C23H30N4O4. The minimum Gasteiger partial charge on any atom is -0.467 e. The second kappa shape index (κ2) is 10.3. The standard InChI is InChI=1S/C23H30N4O4/c1-25(2)23(30)17-10-12-27(13-11-17)16-21(28)26(3)20-9-5-4-8-19(20)22(29)24-15-18-7-6-14-31-18/h4-9,14,17H,10-13,15-16H2,1-3H3,(H,24,29). The van der Waals surface area contributed by atoms with E-state index >= 15 is 0 Å². The van der Waals surface area contributed by atoms with E-state index in [0.717, 1.165) is 12.8 Å². The van der Waals surface area contributed by atoms with Crippen LogP contribution in [0.1, 0.15) is 29.0 Å². The van der Waals surface area contributed by atoms with Gasteiger partial charge >= 0.3 is 0 Å². The Morgan fingerprint density at radius 3 is 2.42 bits per heavy atom. The maximum absolute atomic E-state index is 12.9. The highest BCUT2D eigenvalue weighted by Crippen LogP contribution is 2.22. The van der Waals surface area contributed by atoms with Crippen LogP contribution < -0.4 is 10.2 Å². The van der Waals surface area contributed by atoms with Gasteiger partial charge in [-0.05, 0) is 50.2 Å². The molecule has 1 fully saturated rings. The van der Waals surface area contributed by atoms with E-state index in [4.69, 9.17) is 4.42 Å². The van der Waals surface area contributed by atoms with Gasteiger partial charge in [0.25, 0.3) is 5.91 Å². The van der Waals surface area contributed by atoms with Gasteiger partial charge in [0.05, 0.1) is 30.6 Å². The Morgan fingerprint density at radius 2 is 1.77 bits per heavy atom.